The Morgan fingerprint density at radius 1 is 1.14 bits per heavy atom. The van der Waals surface area contributed by atoms with E-state index in [1.54, 1.807) is 31.2 Å². The number of rotatable bonds is 9. The summed E-state index contributed by atoms with van der Waals surface area (Å²) in [5.74, 6) is 0.0465. The van der Waals surface area contributed by atoms with Crippen molar-refractivity contribution in [2.24, 2.45) is 0 Å². The average Bonchev–Trinajstić information content (AvgIpc) is 2.68. The Morgan fingerprint density at radius 2 is 1.79 bits per heavy atom. The third kappa shape index (κ3) is 6.37. The lowest BCUT2D eigenvalue weighted by Crippen LogP contribution is -2.31. The monoisotopic (exact) mass is 401 g/mol. The van der Waals surface area contributed by atoms with Gasteiger partial charge in [-0.05, 0) is 55.3 Å². The average molecular weight is 401 g/mol. The van der Waals surface area contributed by atoms with Crippen LogP contribution >= 0.6 is 0 Å². The van der Waals surface area contributed by atoms with Gasteiger partial charge in [-0.25, -0.2) is 13.1 Å². The molecule has 0 saturated heterocycles. The van der Waals surface area contributed by atoms with E-state index in [0.717, 1.165) is 5.56 Å². The highest BCUT2D eigenvalue weighted by atomic mass is 32.2. The Morgan fingerprint density at radius 3 is 2.36 bits per heavy atom. The maximum absolute atomic E-state index is 12.2. The third-order valence-electron chi connectivity index (χ3n) is 3.99. The van der Waals surface area contributed by atoms with Crippen molar-refractivity contribution >= 4 is 21.6 Å². The van der Waals surface area contributed by atoms with Gasteiger partial charge in [-0.2, -0.15) is 5.26 Å². The minimum absolute atomic E-state index is 0.141. The Labute approximate surface area is 165 Å². The van der Waals surface area contributed by atoms with Crippen LogP contribution in [0.3, 0.4) is 0 Å². The largest absolute Gasteiger partial charge is 0.484 e. The fourth-order valence-corrected chi connectivity index (χ4v) is 3.60. The lowest BCUT2D eigenvalue weighted by atomic mass is 10.1. The van der Waals surface area contributed by atoms with Gasteiger partial charge in [0, 0.05) is 11.7 Å². The molecule has 2 N–H and O–H groups in total. The molecule has 0 aromatic heterocycles. The molecule has 8 heteroatoms. The number of hydrogen-bond acceptors (Lipinski definition) is 5. The van der Waals surface area contributed by atoms with E-state index in [9.17, 15) is 13.2 Å². The van der Waals surface area contributed by atoms with Crippen molar-refractivity contribution in [2.75, 3.05) is 11.9 Å². The smallest absolute Gasteiger partial charge is 0.262 e. The quantitative estimate of drug-likeness (QED) is 0.672. The number of hydrogen-bond donors (Lipinski definition) is 2. The van der Waals surface area contributed by atoms with Crippen LogP contribution in [0.5, 0.6) is 5.75 Å². The van der Waals surface area contributed by atoms with E-state index < -0.39 is 10.0 Å². The maximum Gasteiger partial charge on any atom is 0.262 e. The third-order valence-corrected chi connectivity index (χ3v) is 5.60. The molecule has 0 aliphatic heterocycles. The molecule has 7 nitrogen and oxygen atoms in total. The topological polar surface area (TPSA) is 108 Å². The van der Waals surface area contributed by atoms with Gasteiger partial charge >= 0.3 is 0 Å². The number of nitrogens with zero attached hydrogens (tertiary/aromatic N) is 1. The predicted octanol–water partition coefficient (Wildman–Crippen LogP) is 2.85. The van der Waals surface area contributed by atoms with Gasteiger partial charge in [0.15, 0.2) is 6.61 Å². The second-order valence-corrected chi connectivity index (χ2v) is 7.98. The number of benzene rings is 2. The molecule has 0 fully saturated rings. The van der Waals surface area contributed by atoms with Crippen molar-refractivity contribution in [3.05, 3.63) is 54.1 Å². The SMILES string of the molecule is CC[C@H](C)NS(=O)(=O)c1ccc(OCC(=O)Nc2ccc(CC#N)cc2)cc1. The van der Waals surface area contributed by atoms with Crippen molar-refractivity contribution in [3.8, 4) is 11.8 Å². The summed E-state index contributed by atoms with van der Waals surface area (Å²) in [5, 5.41) is 11.3. The summed E-state index contributed by atoms with van der Waals surface area (Å²) in [5.41, 5.74) is 1.47. The Bertz CT molecular complexity index is 933. The molecule has 0 spiro atoms. The van der Waals surface area contributed by atoms with Gasteiger partial charge < -0.3 is 10.1 Å². The van der Waals surface area contributed by atoms with E-state index in [1.807, 2.05) is 6.92 Å². The zero-order chi connectivity index (χ0) is 20.6. The van der Waals surface area contributed by atoms with Crippen molar-refractivity contribution in [1.29, 1.82) is 5.26 Å². The number of anilines is 1. The van der Waals surface area contributed by atoms with Crippen LogP contribution in [0.1, 0.15) is 25.8 Å². The van der Waals surface area contributed by atoms with Gasteiger partial charge in [-0.15, -0.1) is 0 Å². The van der Waals surface area contributed by atoms with Crippen LogP contribution in [0, 0.1) is 11.3 Å². The highest BCUT2D eigenvalue weighted by Gasteiger charge is 2.16. The zero-order valence-electron chi connectivity index (χ0n) is 15.8. The molecule has 0 aliphatic rings. The standard InChI is InChI=1S/C20H23N3O4S/c1-3-15(2)23-28(25,26)19-10-8-18(9-11-19)27-14-20(24)22-17-6-4-16(5-7-17)12-13-21/h4-11,15,23H,3,12,14H2,1-2H3,(H,22,24)/t15-/m0/s1. The van der Waals surface area contributed by atoms with E-state index in [-0.39, 0.29) is 23.5 Å². The summed E-state index contributed by atoms with van der Waals surface area (Å²) in [6.45, 7) is 3.48. The first-order chi connectivity index (χ1) is 13.3. The van der Waals surface area contributed by atoms with Crippen LogP contribution in [0.25, 0.3) is 0 Å². The molecule has 0 saturated carbocycles. The zero-order valence-corrected chi connectivity index (χ0v) is 16.6. The molecule has 2 aromatic rings. The van der Waals surface area contributed by atoms with Crippen LogP contribution in [-0.4, -0.2) is 27.0 Å². The van der Waals surface area contributed by atoms with E-state index in [2.05, 4.69) is 16.1 Å². The molecule has 1 atom stereocenters. The number of nitriles is 1. The lowest BCUT2D eigenvalue weighted by molar-refractivity contribution is -0.118. The summed E-state index contributed by atoms with van der Waals surface area (Å²) in [7, 11) is -3.57. The molecule has 0 bridgehead atoms. The molecule has 2 rings (SSSR count). The number of ether oxygens (including phenoxy) is 1. The Kier molecular flexibility index (Phi) is 7.55. The summed E-state index contributed by atoms with van der Waals surface area (Å²) < 4.78 is 32.4. The number of carbonyl (C=O) groups excluding carboxylic acids is 1. The normalized spacial score (nSPS) is 12.0. The molecule has 0 unspecified atom stereocenters. The Hall–Kier alpha value is -2.89. The van der Waals surface area contributed by atoms with Crippen molar-refractivity contribution in [1.82, 2.24) is 4.72 Å². The second-order valence-electron chi connectivity index (χ2n) is 6.27. The number of sulfonamides is 1. The van der Waals surface area contributed by atoms with Crippen LogP contribution in [0.4, 0.5) is 5.69 Å². The van der Waals surface area contributed by atoms with Crippen molar-refractivity contribution in [3.63, 3.8) is 0 Å². The molecule has 2 aromatic carbocycles. The predicted molar refractivity (Wildman–Crippen MR) is 106 cm³/mol. The van der Waals surface area contributed by atoms with Gasteiger partial charge in [-0.1, -0.05) is 19.1 Å². The van der Waals surface area contributed by atoms with Crippen molar-refractivity contribution < 1.29 is 17.9 Å². The fourth-order valence-electron chi connectivity index (χ4n) is 2.27. The highest BCUT2D eigenvalue weighted by Crippen LogP contribution is 2.17. The van der Waals surface area contributed by atoms with Crippen LogP contribution in [0.15, 0.2) is 53.4 Å². The number of amides is 1. The van der Waals surface area contributed by atoms with E-state index in [0.29, 0.717) is 24.3 Å². The van der Waals surface area contributed by atoms with Crippen LogP contribution in [-0.2, 0) is 21.2 Å². The van der Waals surface area contributed by atoms with Crippen molar-refractivity contribution in [2.45, 2.75) is 37.6 Å². The van der Waals surface area contributed by atoms with E-state index in [1.165, 1.54) is 24.3 Å². The number of nitrogens with one attached hydrogen (secondary N) is 2. The molecule has 0 aliphatic carbocycles. The lowest BCUT2D eigenvalue weighted by Gasteiger charge is -2.12. The molecular formula is C20H23N3O4S. The minimum Gasteiger partial charge on any atom is -0.484 e. The first-order valence-corrected chi connectivity index (χ1v) is 10.3. The molecule has 0 heterocycles. The molecule has 0 radical (unpaired) electrons. The number of carbonyl (C=O) groups is 1. The fraction of sp³-hybridized carbons (Fsp3) is 0.300. The Balaban J connectivity index is 1.88. The van der Waals surface area contributed by atoms with E-state index >= 15 is 0 Å². The second kappa shape index (κ2) is 9.88. The van der Waals surface area contributed by atoms with Crippen LogP contribution < -0.4 is 14.8 Å². The van der Waals surface area contributed by atoms with Gasteiger partial charge in [-0.3, -0.25) is 4.79 Å². The van der Waals surface area contributed by atoms with E-state index in [4.69, 9.17) is 10.00 Å². The van der Waals surface area contributed by atoms with Gasteiger partial charge in [0.2, 0.25) is 10.0 Å². The minimum atomic E-state index is -3.57. The van der Waals surface area contributed by atoms with Gasteiger partial charge in [0.05, 0.1) is 17.4 Å². The summed E-state index contributed by atoms with van der Waals surface area (Å²) in [6, 6.07) is 14.8. The van der Waals surface area contributed by atoms with Crippen LogP contribution in [0.2, 0.25) is 0 Å². The van der Waals surface area contributed by atoms with Gasteiger partial charge in [0.25, 0.3) is 5.91 Å². The first-order valence-electron chi connectivity index (χ1n) is 8.85. The summed E-state index contributed by atoms with van der Waals surface area (Å²) >= 11 is 0. The first kappa shape index (κ1) is 21.4. The summed E-state index contributed by atoms with van der Waals surface area (Å²) in [6.07, 6.45) is 1.01. The highest BCUT2D eigenvalue weighted by molar-refractivity contribution is 7.89. The van der Waals surface area contributed by atoms with Gasteiger partial charge in [0.1, 0.15) is 5.75 Å². The molecular weight excluding hydrogens is 378 g/mol. The maximum atomic E-state index is 12.2. The molecule has 1 amide bonds. The molecule has 148 valence electrons. The molecule has 28 heavy (non-hydrogen) atoms. The summed E-state index contributed by atoms with van der Waals surface area (Å²) in [4.78, 5) is 12.1.